The lowest BCUT2D eigenvalue weighted by molar-refractivity contribution is 1.18. The number of benzene rings is 11. The van der Waals surface area contributed by atoms with Crippen molar-refractivity contribution in [1.29, 1.82) is 0 Å². The van der Waals surface area contributed by atoms with Crippen LogP contribution in [0.5, 0.6) is 0 Å². The van der Waals surface area contributed by atoms with Gasteiger partial charge in [-0.1, -0.05) is 158 Å². The van der Waals surface area contributed by atoms with Crippen LogP contribution in [0.25, 0.3) is 71.6 Å². The molecule has 0 aliphatic carbocycles. The SMILES string of the molecule is c1ccc(-c2ccc(N(c3ccc(-c4cc5ccc6cccc7c6c5c(c4)n7-c4ccc(-c5ccccc5)cc4)cc3)c3ccc(N(c4ccccc4)c4ccccc4)cc3)cc2)cc1. The number of rotatable bonds is 10. The largest absolute Gasteiger partial charge is 0.311 e. The van der Waals surface area contributed by atoms with E-state index < -0.39 is 0 Å². The normalized spacial score (nSPS) is 11.4. The molecule has 3 heteroatoms. The topological polar surface area (TPSA) is 11.4 Å². The highest BCUT2D eigenvalue weighted by atomic mass is 15.2. The van der Waals surface area contributed by atoms with Gasteiger partial charge in [-0.25, -0.2) is 0 Å². The maximum Gasteiger partial charge on any atom is 0.0553 e. The minimum atomic E-state index is 1.07. The highest BCUT2D eigenvalue weighted by Crippen LogP contribution is 2.43. The zero-order valence-corrected chi connectivity index (χ0v) is 35.7. The van der Waals surface area contributed by atoms with Gasteiger partial charge in [0, 0.05) is 50.6 Å². The molecule has 3 nitrogen and oxygen atoms in total. The highest BCUT2D eigenvalue weighted by Gasteiger charge is 2.20. The summed E-state index contributed by atoms with van der Waals surface area (Å²) in [4.78, 5) is 4.66. The predicted molar refractivity (Wildman–Crippen MR) is 275 cm³/mol. The summed E-state index contributed by atoms with van der Waals surface area (Å²) >= 11 is 0. The Morgan fingerprint density at radius 3 is 1.09 bits per heavy atom. The first-order chi connectivity index (χ1) is 32.2. The molecular formula is C62H43N3. The van der Waals surface area contributed by atoms with E-state index >= 15 is 0 Å². The predicted octanol–water partition coefficient (Wildman–Crippen LogP) is 17.3. The second kappa shape index (κ2) is 16.2. The van der Waals surface area contributed by atoms with Crippen molar-refractivity contribution in [2.75, 3.05) is 9.80 Å². The van der Waals surface area contributed by atoms with E-state index in [1.165, 1.54) is 66.0 Å². The molecule has 0 aliphatic rings. The molecule has 1 aromatic heterocycles. The van der Waals surface area contributed by atoms with Crippen molar-refractivity contribution < 1.29 is 0 Å². The third kappa shape index (κ3) is 6.97. The number of nitrogens with zero attached hydrogens (tertiary/aromatic N) is 3. The number of hydrogen-bond acceptors (Lipinski definition) is 2. The third-order valence-electron chi connectivity index (χ3n) is 12.7. The molecule has 0 aliphatic heterocycles. The minimum absolute atomic E-state index is 1.07. The van der Waals surface area contributed by atoms with Gasteiger partial charge in [0.1, 0.15) is 0 Å². The summed E-state index contributed by atoms with van der Waals surface area (Å²) in [7, 11) is 0. The summed E-state index contributed by atoms with van der Waals surface area (Å²) in [5, 5.41) is 5.11. The standard InChI is InChI=1S/C62H43N3/c1-5-14-44(15-6-1)46-26-32-54(33-27-46)64(57-40-38-56(39-41-57)63(52-19-9-3-10-20-52)53-21-11-4-12-22-53)55-34-30-48(31-35-55)51-42-50-25-24-49-18-13-23-59-61(49)62(50)60(43-51)65(59)58-36-28-47(29-37-58)45-16-7-2-8-17-45/h1-43H. The van der Waals surface area contributed by atoms with E-state index in [4.69, 9.17) is 0 Å². The fourth-order valence-electron chi connectivity index (χ4n) is 9.61. The van der Waals surface area contributed by atoms with E-state index in [1.807, 2.05) is 0 Å². The molecule has 0 unspecified atom stereocenters. The Bertz CT molecular complexity index is 3490. The van der Waals surface area contributed by atoms with Crippen molar-refractivity contribution in [3.8, 4) is 39.1 Å². The van der Waals surface area contributed by atoms with Gasteiger partial charge in [-0.2, -0.15) is 0 Å². The molecule has 65 heavy (non-hydrogen) atoms. The Labute approximate surface area is 379 Å². The smallest absolute Gasteiger partial charge is 0.0553 e. The summed E-state index contributed by atoms with van der Waals surface area (Å²) < 4.78 is 2.44. The first kappa shape index (κ1) is 38.0. The van der Waals surface area contributed by atoms with Gasteiger partial charge in [0.2, 0.25) is 0 Å². The summed E-state index contributed by atoms with van der Waals surface area (Å²) in [6, 6.07) is 94.2. The maximum atomic E-state index is 2.44. The van der Waals surface area contributed by atoms with Gasteiger partial charge >= 0.3 is 0 Å². The van der Waals surface area contributed by atoms with Crippen LogP contribution < -0.4 is 9.80 Å². The monoisotopic (exact) mass is 829 g/mol. The van der Waals surface area contributed by atoms with Crippen molar-refractivity contribution in [2.45, 2.75) is 0 Å². The Morgan fingerprint density at radius 2 is 0.600 bits per heavy atom. The third-order valence-corrected chi connectivity index (χ3v) is 12.7. The Kier molecular flexibility index (Phi) is 9.50. The van der Waals surface area contributed by atoms with Crippen LogP contribution in [-0.2, 0) is 0 Å². The number of hydrogen-bond donors (Lipinski definition) is 0. The lowest BCUT2D eigenvalue weighted by atomic mass is 9.97. The van der Waals surface area contributed by atoms with Crippen LogP contribution >= 0.6 is 0 Å². The molecule has 0 N–H and O–H groups in total. The van der Waals surface area contributed by atoms with Crippen LogP contribution in [0.4, 0.5) is 34.1 Å². The fraction of sp³-hybridized carbons (Fsp3) is 0. The van der Waals surface area contributed by atoms with Crippen molar-refractivity contribution in [2.24, 2.45) is 0 Å². The minimum Gasteiger partial charge on any atom is -0.311 e. The Morgan fingerprint density at radius 1 is 0.231 bits per heavy atom. The molecule has 0 amide bonds. The van der Waals surface area contributed by atoms with Crippen LogP contribution in [0.15, 0.2) is 261 Å². The van der Waals surface area contributed by atoms with Gasteiger partial charge in [0.15, 0.2) is 0 Å². The molecule has 12 rings (SSSR count). The van der Waals surface area contributed by atoms with E-state index in [0.29, 0.717) is 0 Å². The van der Waals surface area contributed by atoms with Crippen molar-refractivity contribution >= 4 is 66.7 Å². The quantitative estimate of drug-likeness (QED) is 0.127. The van der Waals surface area contributed by atoms with Crippen LogP contribution in [0.3, 0.4) is 0 Å². The molecule has 0 bridgehead atoms. The molecule has 0 atom stereocenters. The summed E-state index contributed by atoms with van der Waals surface area (Å²) in [6.07, 6.45) is 0. The average molecular weight is 830 g/mol. The van der Waals surface area contributed by atoms with Crippen LogP contribution in [-0.4, -0.2) is 4.57 Å². The molecule has 0 saturated carbocycles. The van der Waals surface area contributed by atoms with Gasteiger partial charge in [-0.15, -0.1) is 0 Å². The molecule has 0 saturated heterocycles. The Balaban J connectivity index is 0.944. The van der Waals surface area contributed by atoms with Gasteiger partial charge in [-0.05, 0) is 147 Å². The number of para-hydroxylation sites is 2. The lowest BCUT2D eigenvalue weighted by Gasteiger charge is -2.28. The van der Waals surface area contributed by atoms with Gasteiger partial charge in [-0.3, -0.25) is 0 Å². The van der Waals surface area contributed by atoms with Crippen LogP contribution in [0.1, 0.15) is 0 Å². The van der Waals surface area contributed by atoms with E-state index in [0.717, 1.165) is 39.8 Å². The molecule has 306 valence electrons. The van der Waals surface area contributed by atoms with Gasteiger partial charge < -0.3 is 14.4 Å². The summed E-state index contributed by atoms with van der Waals surface area (Å²) in [6.45, 7) is 0. The highest BCUT2D eigenvalue weighted by molar-refractivity contribution is 6.25. The van der Waals surface area contributed by atoms with E-state index in [-0.39, 0.29) is 0 Å². The van der Waals surface area contributed by atoms with Crippen molar-refractivity contribution in [1.82, 2.24) is 4.57 Å². The Hall–Kier alpha value is -8.66. The first-order valence-electron chi connectivity index (χ1n) is 22.3. The molecule has 11 aromatic carbocycles. The van der Waals surface area contributed by atoms with Crippen LogP contribution in [0, 0.1) is 0 Å². The first-order valence-corrected chi connectivity index (χ1v) is 22.3. The van der Waals surface area contributed by atoms with E-state index in [1.54, 1.807) is 0 Å². The number of anilines is 6. The maximum absolute atomic E-state index is 2.44. The van der Waals surface area contributed by atoms with E-state index in [9.17, 15) is 0 Å². The van der Waals surface area contributed by atoms with Crippen LogP contribution in [0.2, 0.25) is 0 Å². The molecule has 12 aromatic rings. The van der Waals surface area contributed by atoms with E-state index in [2.05, 4.69) is 275 Å². The average Bonchev–Trinajstić information content (AvgIpc) is 3.73. The second-order valence-electron chi connectivity index (χ2n) is 16.6. The van der Waals surface area contributed by atoms with Gasteiger partial charge in [0.25, 0.3) is 0 Å². The fourth-order valence-corrected chi connectivity index (χ4v) is 9.61. The zero-order chi connectivity index (χ0) is 43.1. The van der Waals surface area contributed by atoms with Crippen molar-refractivity contribution in [3.05, 3.63) is 261 Å². The number of aromatic nitrogens is 1. The molecular weight excluding hydrogens is 787 g/mol. The molecule has 0 spiro atoms. The molecule has 0 fully saturated rings. The van der Waals surface area contributed by atoms with Gasteiger partial charge in [0.05, 0.1) is 11.0 Å². The zero-order valence-electron chi connectivity index (χ0n) is 35.7. The molecule has 0 radical (unpaired) electrons. The molecule has 1 heterocycles. The summed E-state index contributed by atoms with van der Waals surface area (Å²) in [5.41, 5.74) is 17.3. The summed E-state index contributed by atoms with van der Waals surface area (Å²) in [5.74, 6) is 0. The van der Waals surface area contributed by atoms with Crippen molar-refractivity contribution in [3.63, 3.8) is 0 Å². The lowest BCUT2D eigenvalue weighted by Crippen LogP contribution is -2.12. The second-order valence-corrected chi connectivity index (χ2v) is 16.6.